The summed E-state index contributed by atoms with van der Waals surface area (Å²) in [6.45, 7) is 5.56. The molecule has 7 nitrogen and oxygen atoms in total. The Bertz CT molecular complexity index is 719. The quantitative estimate of drug-likeness (QED) is 0.454. The van der Waals surface area contributed by atoms with Gasteiger partial charge in [-0.2, -0.15) is 0 Å². The van der Waals surface area contributed by atoms with Crippen LogP contribution in [0.4, 0.5) is 0 Å². The van der Waals surface area contributed by atoms with Gasteiger partial charge in [0.15, 0.2) is 0 Å². The molecule has 2 atom stereocenters. The van der Waals surface area contributed by atoms with Crippen LogP contribution >= 0.6 is 0 Å². The highest BCUT2D eigenvalue weighted by Crippen LogP contribution is 2.32. The number of fused-ring (bicyclic) bond motifs is 1. The average Bonchev–Trinajstić information content (AvgIpc) is 3.20. The number of rotatable bonds is 8. The molecule has 2 heterocycles. The standard InChI is InChI=1S/C22H36N6O/c1-17(25-16-28-12-9-19(15-28)23-2)26-20(10-13-29)14-27(3)21-8-4-6-18-7-5-11-24-22(18)21/h5,7,10-11,19,21,23,29H,4,6,8-9,12-16H2,1-3H3,(H,25,26)/b20-10+/t19?,21-/m0/s1. The largest absolute Gasteiger partial charge is 0.392 e. The van der Waals surface area contributed by atoms with Crippen molar-refractivity contribution in [3.05, 3.63) is 41.4 Å². The molecule has 3 N–H and O–H groups in total. The molecule has 1 saturated heterocycles. The van der Waals surface area contributed by atoms with Crippen LogP contribution in [0.25, 0.3) is 0 Å². The molecule has 1 aromatic heterocycles. The number of aliphatic hydroxyl groups is 1. The fourth-order valence-corrected chi connectivity index (χ4v) is 4.33. The van der Waals surface area contributed by atoms with Gasteiger partial charge in [-0.1, -0.05) is 6.07 Å². The van der Waals surface area contributed by atoms with Crippen LogP contribution in [0.15, 0.2) is 35.1 Å². The van der Waals surface area contributed by atoms with E-state index >= 15 is 0 Å². The third-order valence-corrected chi connectivity index (χ3v) is 5.98. The van der Waals surface area contributed by atoms with E-state index in [-0.39, 0.29) is 6.61 Å². The van der Waals surface area contributed by atoms with Crippen molar-refractivity contribution in [2.24, 2.45) is 4.99 Å². The van der Waals surface area contributed by atoms with E-state index < -0.39 is 0 Å². The van der Waals surface area contributed by atoms with Crippen LogP contribution in [-0.2, 0) is 6.42 Å². The number of aryl methyl sites for hydroxylation is 1. The van der Waals surface area contributed by atoms with Crippen molar-refractivity contribution >= 4 is 5.84 Å². The van der Waals surface area contributed by atoms with Crippen LogP contribution < -0.4 is 10.6 Å². The van der Waals surface area contributed by atoms with Gasteiger partial charge < -0.3 is 15.7 Å². The summed E-state index contributed by atoms with van der Waals surface area (Å²) < 4.78 is 0. The molecule has 160 valence electrons. The van der Waals surface area contributed by atoms with Crippen molar-refractivity contribution in [2.75, 3.05) is 47.0 Å². The van der Waals surface area contributed by atoms with Gasteiger partial charge in [0.25, 0.3) is 0 Å². The summed E-state index contributed by atoms with van der Waals surface area (Å²) in [5.41, 5.74) is 3.54. The molecule has 1 unspecified atom stereocenters. The SMILES string of the molecule is CNC1CCN(C/N=C(\C)N/C(=C/CO)CN(C)[C@H]2CCCc3cccnc32)C1. The van der Waals surface area contributed by atoms with Crippen LogP contribution in [0, 0.1) is 0 Å². The number of aromatic nitrogens is 1. The molecular formula is C22H36N6O. The van der Waals surface area contributed by atoms with Gasteiger partial charge in [-0.05, 0) is 64.4 Å². The summed E-state index contributed by atoms with van der Waals surface area (Å²) >= 11 is 0. The monoisotopic (exact) mass is 400 g/mol. The first kappa shape index (κ1) is 21.9. The van der Waals surface area contributed by atoms with Crippen molar-refractivity contribution in [1.29, 1.82) is 0 Å². The predicted molar refractivity (Wildman–Crippen MR) is 118 cm³/mol. The molecule has 1 fully saturated rings. The smallest absolute Gasteiger partial charge is 0.0989 e. The van der Waals surface area contributed by atoms with Gasteiger partial charge in [-0.25, -0.2) is 0 Å². The first-order valence-electron chi connectivity index (χ1n) is 10.7. The molecule has 1 aliphatic heterocycles. The van der Waals surface area contributed by atoms with E-state index in [1.165, 1.54) is 24.1 Å². The highest BCUT2D eigenvalue weighted by molar-refractivity contribution is 5.81. The summed E-state index contributed by atoms with van der Waals surface area (Å²) in [6.07, 6.45) is 8.31. The van der Waals surface area contributed by atoms with E-state index in [0.29, 0.717) is 18.8 Å². The number of aliphatic hydroxyl groups excluding tert-OH is 1. The number of pyridine rings is 1. The molecule has 1 aliphatic carbocycles. The molecule has 0 saturated carbocycles. The highest BCUT2D eigenvalue weighted by atomic mass is 16.2. The van der Waals surface area contributed by atoms with Gasteiger partial charge in [0.1, 0.15) is 0 Å². The van der Waals surface area contributed by atoms with Gasteiger partial charge in [0, 0.05) is 37.6 Å². The fourth-order valence-electron chi connectivity index (χ4n) is 4.33. The third-order valence-electron chi connectivity index (χ3n) is 5.98. The number of amidine groups is 1. The fraction of sp³-hybridized carbons (Fsp3) is 0.636. The summed E-state index contributed by atoms with van der Waals surface area (Å²) in [7, 11) is 4.16. The summed E-state index contributed by atoms with van der Waals surface area (Å²) in [6, 6.07) is 5.10. The van der Waals surface area contributed by atoms with Crippen LogP contribution in [0.5, 0.6) is 0 Å². The number of likely N-dealkylation sites (tertiary alicyclic amines) is 1. The summed E-state index contributed by atoms with van der Waals surface area (Å²) in [5, 5.41) is 16.2. The zero-order chi connectivity index (χ0) is 20.6. The molecule has 0 aromatic carbocycles. The maximum atomic E-state index is 9.49. The van der Waals surface area contributed by atoms with Gasteiger partial charge in [-0.15, -0.1) is 0 Å². The molecule has 2 aliphatic rings. The lowest BCUT2D eigenvalue weighted by molar-refractivity contribution is 0.230. The Labute approximate surface area is 174 Å². The second-order valence-corrected chi connectivity index (χ2v) is 8.14. The van der Waals surface area contributed by atoms with Crippen molar-refractivity contribution < 1.29 is 5.11 Å². The molecule has 3 rings (SSSR count). The van der Waals surface area contributed by atoms with Crippen LogP contribution in [0.1, 0.15) is 43.5 Å². The van der Waals surface area contributed by atoms with Crippen LogP contribution in [0.3, 0.4) is 0 Å². The Kier molecular flexibility index (Phi) is 8.18. The Balaban J connectivity index is 1.57. The van der Waals surface area contributed by atoms with Crippen molar-refractivity contribution in [3.8, 4) is 0 Å². The van der Waals surface area contributed by atoms with Crippen molar-refractivity contribution in [1.82, 2.24) is 25.4 Å². The first-order chi connectivity index (χ1) is 14.1. The number of likely N-dealkylation sites (N-methyl/N-ethyl adjacent to an activating group) is 2. The first-order valence-corrected chi connectivity index (χ1v) is 10.7. The zero-order valence-corrected chi connectivity index (χ0v) is 18.1. The maximum absolute atomic E-state index is 9.49. The van der Waals surface area contributed by atoms with E-state index in [4.69, 9.17) is 4.99 Å². The lowest BCUT2D eigenvalue weighted by atomic mass is 9.91. The van der Waals surface area contributed by atoms with E-state index in [0.717, 1.165) is 44.0 Å². The normalized spacial score (nSPS) is 23.5. The minimum absolute atomic E-state index is 0.0128. The van der Waals surface area contributed by atoms with E-state index in [1.54, 1.807) is 0 Å². The lowest BCUT2D eigenvalue weighted by Gasteiger charge is -2.33. The molecule has 1 aromatic rings. The topological polar surface area (TPSA) is 76.0 Å². The van der Waals surface area contributed by atoms with Crippen LogP contribution in [-0.4, -0.2) is 78.8 Å². The molecule has 7 heteroatoms. The molecule has 0 bridgehead atoms. The van der Waals surface area contributed by atoms with Gasteiger partial charge in [-0.3, -0.25) is 19.8 Å². The number of nitrogens with zero attached hydrogens (tertiary/aromatic N) is 4. The number of nitrogens with one attached hydrogen (secondary N) is 2. The Morgan fingerprint density at radius 3 is 3.07 bits per heavy atom. The van der Waals surface area contributed by atoms with Crippen molar-refractivity contribution in [2.45, 2.75) is 44.7 Å². The summed E-state index contributed by atoms with van der Waals surface area (Å²) in [4.78, 5) is 14.0. The Morgan fingerprint density at radius 2 is 2.31 bits per heavy atom. The number of hydrogen-bond donors (Lipinski definition) is 3. The summed E-state index contributed by atoms with van der Waals surface area (Å²) in [5.74, 6) is 0.883. The Morgan fingerprint density at radius 1 is 1.45 bits per heavy atom. The molecular weight excluding hydrogens is 364 g/mol. The van der Waals surface area contributed by atoms with Gasteiger partial charge in [0.05, 0.1) is 30.8 Å². The molecule has 29 heavy (non-hydrogen) atoms. The highest BCUT2D eigenvalue weighted by Gasteiger charge is 2.25. The van der Waals surface area contributed by atoms with Gasteiger partial charge >= 0.3 is 0 Å². The Hall–Kier alpha value is -1.80. The number of hydrogen-bond acceptors (Lipinski definition) is 6. The maximum Gasteiger partial charge on any atom is 0.0989 e. The molecule has 0 radical (unpaired) electrons. The van der Waals surface area contributed by atoms with Gasteiger partial charge in [0.2, 0.25) is 0 Å². The second kappa shape index (κ2) is 10.8. The van der Waals surface area contributed by atoms with E-state index in [2.05, 4.69) is 38.5 Å². The van der Waals surface area contributed by atoms with E-state index in [9.17, 15) is 5.11 Å². The zero-order valence-electron chi connectivity index (χ0n) is 18.1. The molecule has 0 amide bonds. The second-order valence-electron chi connectivity index (χ2n) is 8.14. The minimum atomic E-state index is 0.0128. The van der Waals surface area contributed by atoms with Crippen molar-refractivity contribution in [3.63, 3.8) is 0 Å². The molecule has 0 spiro atoms. The van der Waals surface area contributed by atoms with E-state index in [1.807, 2.05) is 32.3 Å². The lowest BCUT2D eigenvalue weighted by Crippen LogP contribution is -2.35. The predicted octanol–water partition coefficient (Wildman–Crippen LogP) is 1.53. The average molecular weight is 401 g/mol. The third kappa shape index (κ3) is 6.09. The minimum Gasteiger partial charge on any atom is -0.392 e. The number of aliphatic imine (C=N–C) groups is 1. The van der Waals surface area contributed by atoms with Crippen LogP contribution in [0.2, 0.25) is 0 Å².